The number of anilines is 2. The lowest BCUT2D eigenvalue weighted by atomic mass is 10.2. The van der Waals surface area contributed by atoms with Crippen molar-refractivity contribution in [2.75, 3.05) is 63.2 Å². The fraction of sp³-hybridized carbons (Fsp3) is 0.486. The molecule has 320 valence electrons. The summed E-state index contributed by atoms with van der Waals surface area (Å²) < 4.78 is 14.4. The van der Waals surface area contributed by atoms with Gasteiger partial charge in [0.15, 0.2) is 0 Å². The third-order valence-corrected chi connectivity index (χ3v) is 6.74. The van der Waals surface area contributed by atoms with Crippen molar-refractivity contribution in [3.05, 3.63) is 81.9 Å². The molecule has 21 nitrogen and oxygen atoms in total. The summed E-state index contributed by atoms with van der Waals surface area (Å²) in [6.07, 6.45) is 10.5. The van der Waals surface area contributed by atoms with Gasteiger partial charge in [-0.25, -0.2) is 38.9 Å². The van der Waals surface area contributed by atoms with Crippen LogP contribution in [0.5, 0.6) is 0 Å². The molecule has 0 aliphatic carbocycles. The number of aromatic amines is 2. The number of allylic oxidation sites excluding steroid dienone is 1. The third-order valence-electron chi connectivity index (χ3n) is 6.74. The number of aryl methyl sites for hydroxylation is 2. The minimum Gasteiger partial charge on any atom is -0.491 e. The maximum absolute atomic E-state index is 11.7. The molecule has 2 aromatic heterocycles. The molecular formula is C37H56N10O11. The normalized spacial score (nSPS) is 9.64. The van der Waals surface area contributed by atoms with Crippen LogP contribution in [0.25, 0.3) is 0 Å². The number of ether oxygens (including phenoxy) is 3. The first-order valence-electron chi connectivity index (χ1n) is 18.4. The first kappa shape index (κ1) is 51.4. The molecule has 2 aromatic rings. The number of hydrogen-bond acceptors (Lipinski definition) is 14. The Balaban J connectivity index is 0.000000973. The molecule has 0 aliphatic rings. The number of amides is 5. The summed E-state index contributed by atoms with van der Waals surface area (Å²) in [6, 6.07) is 1.85. The average molecular weight is 817 g/mol. The van der Waals surface area contributed by atoms with Crippen LogP contribution in [-0.2, 0) is 23.8 Å². The van der Waals surface area contributed by atoms with Crippen molar-refractivity contribution in [1.82, 2.24) is 35.9 Å². The first-order chi connectivity index (χ1) is 27.8. The number of H-pyrrole nitrogens is 2. The molecule has 0 unspecified atom stereocenters. The van der Waals surface area contributed by atoms with Gasteiger partial charge in [-0.3, -0.25) is 30.2 Å². The number of carbonyl (C=O) groups is 4. The van der Waals surface area contributed by atoms with E-state index in [0.29, 0.717) is 43.3 Å². The number of nitrogens with zero attached hydrogens (tertiary/aromatic N) is 3. The van der Waals surface area contributed by atoms with Crippen molar-refractivity contribution in [2.24, 2.45) is 4.99 Å². The number of aliphatic imine (C=N–C) groups is 1. The summed E-state index contributed by atoms with van der Waals surface area (Å²) in [5.41, 5.74) is 0.425. The second-order valence-corrected chi connectivity index (χ2v) is 11.7. The Hall–Kier alpha value is -6.60. The number of rotatable bonds is 24. The van der Waals surface area contributed by atoms with Gasteiger partial charge < -0.3 is 35.3 Å². The van der Waals surface area contributed by atoms with Crippen LogP contribution in [-0.4, -0.2) is 108 Å². The largest absolute Gasteiger partial charge is 0.491 e. The second kappa shape index (κ2) is 33.7. The van der Waals surface area contributed by atoms with E-state index in [1.165, 1.54) is 24.3 Å². The maximum Gasteiger partial charge on any atom is 0.407 e. The number of nitrogens with one attached hydrogen (secondary N) is 7. The topological polar surface area (TPSA) is 297 Å². The summed E-state index contributed by atoms with van der Waals surface area (Å²) in [4.78, 5) is 93.5. The van der Waals surface area contributed by atoms with Gasteiger partial charge in [-0.05, 0) is 45.6 Å². The molecule has 0 saturated carbocycles. The van der Waals surface area contributed by atoms with Crippen molar-refractivity contribution in [2.45, 2.75) is 65.2 Å². The molecule has 0 aliphatic heterocycles. The summed E-state index contributed by atoms with van der Waals surface area (Å²) >= 11 is 0. The number of esters is 1. The maximum atomic E-state index is 11.7. The van der Waals surface area contributed by atoms with Gasteiger partial charge in [-0.15, -0.1) is 0 Å². The van der Waals surface area contributed by atoms with Crippen LogP contribution in [0.15, 0.2) is 64.4 Å². The molecule has 58 heavy (non-hydrogen) atoms. The number of hydrogen-bond donors (Lipinski definition) is 8. The molecule has 2 heterocycles. The molecule has 0 atom stereocenters. The van der Waals surface area contributed by atoms with E-state index in [2.05, 4.69) is 76.0 Å². The smallest absolute Gasteiger partial charge is 0.407 e. The van der Waals surface area contributed by atoms with Crippen molar-refractivity contribution >= 4 is 42.1 Å². The molecule has 0 fully saturated rings. The number of carbonyl (C=O) groups excluding carboxylic acids is 5. The highest BCUT2D eigenvalue weighted by molar-refractivity contribution is 5.87. The van der Waals surface area contributed by atoms with Gasteiger partial charge in [0.05, 0.1) is 13.2 Å². The number of unbranched alkanes of at least 4 members (excludes halogenated alkanes) is 6. The fourth-order valence-corrected chi connectivity index (χ4v) is 4.12. The fourth-order valence-electron chi connectivity index (χ4n) is 4.12. The Morgan fingerprint density at radius 1 is 0.741 bits per heavy atom. The number of aliphatic hydroxyl groups is 1. The summed E-state index contributed by atoms with van der Waals surface area (Å²) in [5, 5.41) is 21.1. The average Bonchev–Trinajstić information content (AvgIpc) is 3.17. The van der Waals surface area contributed by atoms with E-state index in [0.717, 1.165) is 57.4 Å². The highest BCUT2D eigenvalue weighted by atomic mass is 16.6. The minimum atomic E-state index is -0.501. The van der Waals surface area contributed by atoms with E-state index in [-0.39, 0.29) is 49.4 Å². The van der Waals surface area contributed by atoms with Gasteiger partial charge >= 0.3 is 24.1 Å². The van der Waals surface area contributed by atoms with Crippen LogP contribution < -0.4 is 37.7 Å². The lowest BCUT2D eigenvalue weighted by molar-refractivity contribution is -0.138. The zero-order chi connectivity index (χ0) is 43.4. The molecule has 0 saturated heterocycles. The molecular weight excluding hydrogens is 760 g/mol. The van der Waals surface area contributed by atoms with Crippen LogP contribution in [0.1, 0.15) is 62.8 Å². The zero-order valence-corrected chi connectivity index (χ0v) is 33.1. The molecule has 2 rings (SSSR count). The summed E-state index contributed by atoms with van der Waals surface area (Å²) in [6.45, 7) is 15.9. The van der Waals surface area contributed by atoms with Gasteiger partial charge in [-0.1, -0.05) is 45.4 Å². The van der Waals surface area contributed by atoms with Gasteiger partial charge in [0, 0.05) is 49.2 Å². The molecule has 0 spiro atoms. The SMILES string of the molecule is C=CC(=C)OCCOC(=O)NCCCCCCNC(=O)Nc1nc(C)cc(=O)[nH]1.C=CC(=O)OCCO.Cc1cc(=O)[nH]c(NC(=O)NCCCCCCN=C=O)n1. The van der Waals surface area contributed by atoms with Gasteiger partial charge in [0.2, 0.25) is 18.0 Å². The molecule has 5 amide bonds. The second-order valence-electron chi connectivity index (χ2n) is 11.7. The van der Waals surface area contributed by atoms with Crippen molar-refractivity contribution in [3.8, 4) is 0 Å². The standard InChI is InChI=1S/C19H29N5O5.C13H19N5O3.C5H8O3/c1-4-15(3)28-11-12-29-19(27)21-10-8-6-5-7-9-20-18(26)24-17-22-14(2)13-16(25)23-17;1-10-8-11(20)17-12(16-10)18-13(21)15-7-5-3-2-4-6-14-9-19;1-2-5(7)8-4-3-6/h4,13H,1,3,5-12H2,2H3,(H,21,27)(H3,20,22,23,24,25,26);8H,2-7H2,1H3,(H3,15,16,17,18,20,21);2,6H,1,3-4H2. The Kier molecular flexibility index (Phi) is 29.9. The minimum absolute atomic E-state index is 0.0465. The zero-order valence-electron chi connectivity index (χ0n) is 33.1. The Morgan fingerprint density at radius 3 is 1.67 bits per heavy atom. The van der Waals surface area contributed by atoms with Crippen LogP contribution in [0.4, 0.5) is 26.3 Å². The van der Waals surface area contributed by atoms with Gasteiger partial charge in [-0.2, -0.15) is 0 Å². The molecule has 21 heteroatoms. The van der Waals surface area contributed by atoms with E-state index in [1.54, 1.807) is 13.8 Å². The Morgan fingerprint density at radius 2 is 1.22 bits per heavy atom. The number of aliphatic hydroxyl groups excluding tert-OH is 1. The first-order valence-corrected chi connectivity index (χ1v) is 18.4. The van der Waals surface area contributed by atoms with Crippen LogP contribution in [0, 0.1) is 13.8 Å². The molecule has 0 bridgehead atoms. The van der Waals surface area contributed by atoms with Crippen molar-refractivity contribution in [1.29, 1.82) is 0 Å². The van der Waals surface area contributed by atoms with E-state index in [9.17, 15) is 33.6 Å². The summed E-state index contributed by atoms with van der Waals surface area (Å²) in [5.74, 6) is 0.175. The van der Waals surface area contributed by atoms with Crippen LogP contribution in [0.2, 0.25) is 0 Å². The van der Waals surface area contributed by atoms with Crippen molar-refractivity contribution < 1.29 is 43.3 Å². The molecule has 0 radical (unpaired) electrons. The van der Waals surface area contributed by atoms with Gasteiger partial charge in [0.25, 0.3) is 11.1 Å². The number of alkyl carbamates (subject to hydrolysis) is 1. The van der Waals surface area contributed by atoms with Crippen LogP contribution >= 0.6 is 0 Å². The predicted molar refractivity (Wildman–Crippen MR) is 216 cm³/mol. The Labute approximate surface area is 336 Å². The van der Waals surface area contributed by atoms with Crippen molar-refractivity contribution in [3.63, 3.8) is 0 Å². The number of aromatic nitrogens is 4. The van der Waals surface area contributed by atoms with Crippen LogP contribution in [0.3, 0.4) is 0 Å². The van der Waals surface area contributed by atoms with E-state index < -0.39 is 24.1 Å². The highest BCUT2D eigenvalue weighted by Crippen LogP contribution is 2.01. The van der Waals surface area contributed by atoms with Gasteiger partial charge in [0.1, 0.15) is 25.6 Å². The lowest BCUT2D eigenvalue weighted by Gasteiger charge is -2.09. The molecule has 8 N–H and O–H groups in total. The van der Waals surface area contributed by atoms with E-state index in [1.807, 2.05) is 0 Å². The number of urea groups is 2. The monoisotopic (exact) mass is 816 g/mol. The number of isocyanates is 1. The molecule has 0 aromatic carbocycles. The summed E-state index contributed by atoms with van der Waals surface area (Å²) in [7, 11) is 0. The van der Waals surface area contributed by atoms with E-state index in [4.69, 9.17) is 14.6 Å². The Bertz CT molecular complexity index is 1740. The highest BCUT2D eigenvalue weighted by Gasteiger charge is 2.06. The van der Waals surface area contributed by atoms with E-state index >= 15 is 0 Å². The predicted octanol–water partition coefficient (Wildman–Crippen LogP) is 3.01. The quantitative estimate of drug-likeness (QED) is 0.0144. The lowest BCUT2D eigenvalue weighted by Crippen LogP contribution is -2.31. The third kappa shape index (κ3) is 30.7.